The molecule has 0 aliphatic rings. The number of hydrogen-bond acceptors (Lipinski definition) is 3. The summed E-state index contributed by atoms with van der Waals surface area (Å²) in [5.74, 6) is 0. The number of nitro benzene ring substituents is 1. The Labute approximate surface area is 102 Å². The molecule has 18 heavy (non-hydrogen) atoms. The maximum atomic E-state index is 12.4. The minimum atomic E-state index is -4.58. The summed E-state index contributed by atoms with van der Waals surface area (Å²) in [7, 11) is 0. The summed E-state index contributed by atoms with van der Waals surface area (Å²) >= 11 is 0. The van der Waals surface area contributed by atoms with E-state index in [0.29, 0.717) is 12.6 Å². The van der Waals surface area contributed by atoms with Gasteiger partial charge in [0.15, 0.2) is 0 Å². The number of hydrogen-bond donors (Lipinski definition) is 1. The van der Waals surface area contributed by atoms with Crippen LogP contribution in [-0.4, -0.2) is 11.5 Å². The molecule has 0 saturated carbocycles. The van der Waals surface area contributed by atoms with Gasteiger partial charge >= 0.3 is 6.18 Å². The molecule has 0 heterocycles. The van der Waals surface area contributed by atoms with Crippen molar-refractivity contribution in [1.29, 1.82) is 0 Å². The summed E-state index contributed by atoms with van der Waals surface area (Å²) in [4.78, 5) is 9.92. The molecule has 0 spiro atoms. The molecule has 0 atom stereocenters. The largest absolute Gasteiger partial charge is 0.416 e. The van der Waals surface area contributed by atoms with Crippen LogP contribution in [0.1, 0.15) is 25.3 Å². The molecule has 0 saturated heterocycles. The first kappa shape index (κ1) is 14.3. The van der Waals surface area contributed by atoms with Crippen LogP contribution >= 0.6 is 0 Å². The van der Waals surface area contributed by atoms with Gasteiger partial charge in [-0.1, -0.05) is 13.3 Å². The van der Waals surface area contributed by atoms with Crippen LogP contribution in [0.3, 0.4) is 0 Å². The van der Waals surface area contributed by atoms with Crippen molar-refractivity contribution in [3.63, 3.8) is 0 Å². The molecule has 4 nitrogen and oxygen atoms in total. The second-order valence-electron chi connectivity index (χ2n) is 3.77. The highest BCUT2D eigenvalue weighted by atomic mass is 19.4. The maximum absolute atomic E-state index is 12.4. The highest BCUT2D eigenvalue weighted by Crippen LogP contribution is 2.34. The fourth-order valence-electron chi connectivity index (χ4n) is 1.41. The van der Waals surface area contributed by atoms with Gasteiger partial charge in [0.1, 0.15) is 5.69 Å². The highest BCUT2D eigenvalue weighted by Gasteiger charge is 2.32. The Kier molecular flexibility index (Phi) is 4.52. The Bertz CT molecular complexity index is 433. The lowest BCUT2D eigenvalue weighted by Crippen LogP contribution is -2.08. The quantitative estimate of drug-likeness (QED) is 0.498. The SMILES string of the molecule is CCCCNc1ccc(C(F)(F)F)cc1[N+](=O)[O-]. The zero-order chi connectivity index (χ0) is 13.8. The third-order valence-electron chi connectivity index (χ3n) is 2.37. The minimum absolute atomic E-state index is 0.112. The van der Waals surface area contributed by atoms with E-state index in [2.05, 4.69) is 5.32 Å². The average molecular weight is 262 g/mol. The van der Waals surface area contributed by atoms with Gasteiger partial charge < -0.3 is 5.32 Å². The molecule has 0 bridgehead atoms. The molecule has 1 aromatic rings. The van der Waals surface area contributed by atoms with Gasteiger partial charge in [0.05, 0.1) is 10.5 Å². The zero-order valence-electron chi connectivity index (χ0n) is 9.75. The minimum Gasteiger partial charge on any atom is -0.379 e. The van der Waals surface area contributed by atoms with E-state index in [1.807, 2.05) is 6.92 Å². The van der Waals surface area contributed by atoms with Crippen molar-refractivity contribution in [3.8, 4) is 0 Å². The second-order valence-corrected chi connectivity index (χ2v) is 3.77. The molecule has 7 heteroatoms. The van der Waals surface area contributed by atoms with Gasteiger partial charge in [0, 0.05) is 12.6 Å². The maximum Gasteiger partial charge on any atom is 0.416 e. The highest BCUT2D eigenvalue weighted by molar-refractivity contribution is 5.62. The molecule has 0 radical (unpaired) electrons. The lowest BCUT2D eigenvalue weighted by Gasteiger charge is -2.10. The van der Waals surface area contributed by atoms with Gasteiger partial charge in [-0.05, 0) is 18.6 Å². The molecule has 0 aliphatic carbocycles. The van der Waals surface area contributed by atoms with E-state index in [4.69, 9.17) is 0 Å². The normalized spacial score (nSPS) is 11.3. The van der Waals surface area contributed by atoms with Crippen LogP contribution < -0.4 is 5.32 Å². The van der Waals surface area contributed by atoms with Crippen molar-refractivity contribution in [1.82, 2.24) is 0 Å². The number of benzene rings is 1. The van der Waals surface area contributed by atoms with Crippen molar-refractivity contribution in [2.75, 3.05) is 11.9 Å². The Hall–Kier alpha value is -1.79. The number of alkyl halides is 3. The molecule has 0 aliphatic heterocycles. The van der Waals surface area contributed by atoms with E-state index in [1.165, 1.54) is 0 Å². The van der Waals surface area contributed by atoms with E-state index in [-0.39, 0.29) is 5.69 Å². The van der Waals surface area contributed by atoms with Crippen molar-refractivity contribution in [3.05, 3.63) is 33.9 Å². The van der Waals surface area contributed by atoms with Crippen LogP contribution in [0.2, 0.25) is 0 Å². The first-order chi connectivity index (χ1) is 8.36. The summed E-state index contributed by atoms with van der Waals surface area (Å²) in [5.41, 5.74) is -1.46. The van der Waals surface area contributed by atoms with Crippen molar-refractivity contribution < 1.29 is 18.1 Å². The number of nitrogens with one attached hydrogen (secondary N) is 1. The summed E-state index contributed by atoms with van der Waals surface area (Å²) in [5, 5.41) is 13.5. The summed E-state index contributed by atoms with van der Waals surface area (Å²) in [6, 6.07) is 2.48. The van der Waals surface area contributed by atoms with E-state index in [0.717, 1.165) is 25.0 Å². The number of nitrogens with zero attached hydrogens (tertiary/aromatic N) is 1. The summed E-state index contributed by atoms with van der Waals surface area (Å²) < 4.78 is 37.3. The van der Waals surface area contributed by atoms with Crippen LogP contribution in [0, 0.1) is 10.1 Å². The van der Waals surface area contributed by atoms with Crippen LogP contribution in [-0.2, 0) is 6.18 Å². The third kappa shape index (κ3) is 3.61. The Morgan fingerprint density at radius 1 is 1.39 bits per heavy atom. The topological polar surface area (TPSA) is 55.2 Å². The third-order valence-corrected chi connectivity index (χ3v) is 2.37. The van der Waals surface area contributed by atoms with Crippen LogP contribution in [0.4, 0.5) is 24.5 Å². The van der Waals surface area contributed by atoms with E-state index >= 15 is 0 Å². The molecular formula is C11H13F3N2O2. The van der Waals surface area contributed by atoms with Gasteiger partial charge in [-0.2, -0.15) is 13.2 Å². The number of unbranched alkanes of at least 4 members (excludes halogenated alkanes) is 1. The number of rotatable bonds is 5. The molecule has 1 N–H and O–H groups in total. The van der Waals surface area contributed by atoms with Gasteiger partial charge in [-0.3, -0.25) is 10.1 Å². The first-order valence-electron chi connectivity index (χ1n) is 5.45. The van der Waals surface area contributed by atoms with Gasteiger partial charge in [0.2, 0.25) is 0 Å². The molecule has 100 valence electrons. The fourth-order valence-corrected chi connectivity index (χ4v) is 1.41. The van der Waals surface area contributed by atoms with Crippen LogP contribution in [0.25, 0.3) is 0 Å². The Morgan fingerprint density at radius 3 is 2.56 bits per heavy atom. The first-order valence-corrected chi connectivity index (χ1v) is 5.45. The standard InChI is InChI=1S/C11H13F3N2O2/c1-2-3-6-15-9-5-4-8(11(12,13)14)7-10(9)16(17)18/h4-5,7,15H,2-3,6H2,1H3. The summed E-state index contributed by atoms with van der Waals surface area (Å²) in [6.07, 6.45) is -2.90. The lowest BCUT2D eigenvalue weighted by atomic mass is 10.1. The number of nitro groups is 1. The fraction of sp³-hybridized carbons (Fsp3) is 0.455. The average Bonchev–Trinajstić information content (AvgIpc) is 2.28. The number of anilines is 1. The van der Waals surface area contributed by atoms with Gasteiger partial charge in [-0.25, -0.2) is 0 Å². The Morgan fingerprint density at radius 2 is 2.06 bits per heavy atom. The molecule has 1 rings (SSSR count). The monoisotopic (exact) mass is 262 g/mol. The van der Waals surface area contributed by atoms with E-state index in [9.17, 15) is 23.3 Å². The van der Waals surface area contributed by atoms with Crippen molar-refractivity contribution in [2.24, 2.45) is 0 Å². The number of halogens is 3. The van der Waals surface area contributed by atoms with Gasteiger partial charge in [0.25, 0.3) is 5.69 Å². The zero-order valence-corrected chi connectivity index (χ0v) is 9.75. The molecule has 1 aromatic carbocycles. The van der Waals surface area contributed by atoms with Gasteiger partial charge in [-0.15, -0.1) is 0 Å². The van der Waals surface area contributed by atoms with Crippen molar-refractivity contribution in [2.45, 2.75) is 25.9 Å². The van der Waals surface area contributed by atoms with Crippen molar-refractivity contribution >= 4 is 11.4 Å². The van der Waals surface area contributed by atoms with E-state index in [1.54, 1.807) is 0 Å². The molecule has 0 amide bonds. The molecule has 0 unspecified atom stereocenters. The Balaban J connectivity index is 3.01. The van der Waals surface area contributed by atoms with Crippen LogP contribution in [0.5, 0.6) is 0 Å². The second kappa shape index (κ2) is 5.70. The molecular weight excluding hydrogens is 249 g/mol. The van der Waals surface area contributed by atoms with E-state index < -0.39 is 22.4 Å². The molecule has 0 aromatic heterocycles. The molecule has 0 fully saturated rings. The smallest absolute Gasteiger partial charge is 0.379 e. The van der Waals surface area contributed by atoms with Crippen LogP contribution in [0.15, 0.2) is 18.2 Å². The summed E-state index contributed by atoms with van der Waals surface area (Å²) in [6.45, 7) is 2.44. The lowest BCUT2D eigenvalue weighted by molar-refractivity contribution is -0.384. The predicted octanol–water partition coefficient (Wildman–Crippen LogP) is 3.83. The predicted molar refractivity (Wildman–Crippen MR) is 61.5 cm³/mol.